The molecule has 2 aromatic carbocycles. The number of hydrogen-bond acceptors (Lipinski definition) is 3. The van der Waals surface area contributed by atoms with Crippen LogP contribution < -0.4 is 5.32 Å². The van der Waals surface area contributed by atoms with E-state index >= 15 is 0 Å². The van der Waals surface area contributed by atoms with E-state index in [1.807, 2.05) is 0 Å². The second kappa shape index (κ2) is 6.67. The standard InChI is InChI=1S/C15H12BrF2NO2/c1-21-15(20)14(12-8-9(16)2-7-13(12)18)19-11-5-3-10(17)4-6-11/h2-8,14,19H,1H3. The molecule has 0 aliphatic heterocycles. The zero-order chi connectivity index (χ0) is 15.4. The van der Waals surface area contributed by atoms with Crippen molar-refractivity contribution in [1.29, 1.82) is 0 Å². The van der Waals surface area contributed by atoms with Gasteiger partial charge in [0, 0.05) is 15.7 Å². The maximum atomic E-state index is 14.0. The van der Waals surface area contributed by atoms with Crippen LogP contribution in [0.25, 0.3) is 0 Å². The zero-order valence-corrected chi connectivity index (χ0v) is 12.7. The Morgan fingerprint density at radius 3 is 2.48 bits per heavy atom. The van der Waals surface area contributed by atoms with E-state index in [0.29, 0.717) is 10.2 Å². The van der Waals surface area contributed by atoms with Crippen LogP contribution in [0, 0.1) is 11.6 Å². The number of benzene rings is 2. The summed E-state index contributed by atoms with van der Waals surface area (Å²) in [5.74, 6) is -1.58. The summed E-state index contributed by atoms with van der Waals surface area (Å²) in [7, 11) is 1.22. The van der Waals surface area contributed by atoms with Gasteiger partial charge < -0.3 is 10.1 Å². The number of carbonyl (C=O) groups is 1. The molecule has 2 aromatic rings. The molecule has 0 aliphatic carbocycles. The van der Waals surface area contributed by atoms with Gasteiger partial charge in [-0.3, -0.25) is 0 Å². The molecule has 2 rings (SSSR count). The van der Waals surface area contributed by atoms with Crippen molar-refractivity contribution in [3.05, 3.63) is 64.1 Å². The SMILES string of the molecule is COC(=O)C(Nc1ccc(F)cc1)c1cc(Br)ccc1F. The molecule has 0 saturated carbocycles. The highest BCUT2D eigenvalue weighted by Gasteiger charge is 2.24. The third-order valence-corrected chi connectivity index (χ3v) is 3.35. The predicted molar refractivity (Wildman–Crippen MR) is 78.9 cm³/mol. The molecule has 0 aliphatic rings. The van der Waals surface area contributed by atoms with Crippen molar-refractivity contribution < 1.29 is 18.3 Å². The van der Waals surface area contributed by atoms with Crippen molar-refractivity contribution in [3.8, 4) is 0 Å². The molecular weight excluding hydrogens is 344 g/mol. The summed E-state index contributed by atoms with van der Waals surface area (Å²) in [5, 5.41) is 2.84. The largest absolute Gasteiger partial charge is 0.467 e. The normalized spacial score (nSPS) is 11.8. The van der Waals surface area contributed by atoms with E-state index in [-0.39, 0.29) is 5.56 Å². The highest BCUT2D eigenvalue weighted by atomic mass is 79.9. The third-order valence-electron chi connectivity index (χ3n) is 2.86. The number of ether oxygens (including phenoxy) is 1. The zero-order valence-electron chi connectivity index (χ0n) is 11.1. The topological polar surface area (TPSA) is 38.3 Å². The van der Waals surface area contributed by atoms with Crippen molar-refractivity contribution in [2.24, 2.45) is 0 Å². The Morgan fingerprint density at radius 1 is 1.19 bits per heavy atom. The van der Waals surface area contributed by atoms with E-state index < -0.39 is 23.6 Å². The number of rotatable bonds is 4. The van der Waals surface area contributed by atoms with Gasteiger partial charge in [-0.25, -0.2) is 13.6 Å². The number of hydrogen-bond donors (Lipinski definition) is 1. The highest BCUT2D eigenvalue weighted by Crippen LogP contribution is 2.26. The summed E-state index contributed by atoms with van der Waals surface area (Å²) < 4.78 is 32.2. The molecule has 21 heavy (non-hydrogen) atoms. The van der Waals surface area contributed by atoms with Crippen molar-refractivity contribution in [3.63, 3.8) is 0 Å². The average molecular weight is 356 g/mol. The van der Waals surface area contributed by atoms with Crippen molar-refractivity contribution >= 4 is 27.6 Å². The maximum Gasteiger partial charge on any atom is 0.333 e. The summed E-state index contributed by atoms with van der Waals surface area (Å²) >= 11 is 3.23. The lowest BCUT2D eigenvalue weighted by atomic mass is 10.1. The molecule has 0 saturated heterocycles. The Kier molecular flexibility index (Phi) is 4.90. The molecule has 110 valence electrons. The monoisotopic (exact) mass is 355 g/mol. The van der Waals surface area contributed by atoms with E-state index in [1.54, 1.807) is 0 Å². The van der Waals surface area contributed by atoms with Crippen molar-refractivity contribution in [2.75, 3.05) is 12.4 Å². The smallest absolute Gasteiger partial charge is 0.333 e. The van der Waals surface area contributed by atoms with E-state index in [9.17, 15) is 13.6 Å². The quantitative estimate of drug-likeness (QED) is 0.840. The minimum absolute atomic E-state index is 0.139. The Morgan fingerprint density at radius 2 is 1.86 bits per heavy atom. The van der Waals surface area contributed by atoms with Gasteiger partial charge in [0.05, 0.1) is 7.11 Å². The lowest BCUT2D eigenvalue weighted by Crippen LogP contribution is -2.23. The molecule has 0 amide bonds. The minimum atomic E-state index is -1.03. The fourth-order valence-electron chi connectivity index (χ4n) is 1.83. The van der Waals surface area contributed by atoms with E-state index in [1.165, 1.54) is 49.6 Å². The minimum Gasteiger partial charge on any atom is -0.467 e. The van der Waals surface area contributed by atoms with Crippen LogP contribution in [0.5, 0.6) is 0 Å². The van der Waals surface area contributed by atoms with Gasteiger partial charge in [0.1, 0.15) is 11.6 Å². The summed E-state index contributed by atoms with van der Waals surface area (Å²) in [6.07, 6.45) is 0. The van der Waals surface area contributed by atoms with Crippen LogP contribution in [0.3, 0.4) is 0 Å². The van der Waals surface area contributed by atoms with Crippen molar-refractivity contribution in [1.82, 2.24) is 0 Å². The van der Waals surface area contributed by atoms with Gasteiger partial charge in [-0.15, -0.1) is 0 Å². The van der Waals surface area contributed by atoms with Crippen LogP contribution in [0.1, 0.15) is 11.6 Å². The fourth-order valence-corrected chi connectivity index (χ4v) is 2.21. The van der Waals surface area contributed by atoms with Gasteiger partial charge in [-0.1, -0.05) is 15.9 Å². The third kappa shape index (κ3) is 3.78. The molecule has 3 nitrogen and oxygen atoms in total. The first-order valence-corrected chi connectivity index (χ1v) is 6.85. The van der Waals surface area contributed by atoms with Crippen LogP contribution in [0.2, 0.25) is 0 Å². The molecule has 6 heteroatoms. The fraction of sp³-hybridized carbons (Fsp3) is 0.133. The van der Waals surface area contributed by atoms with E-state index in [0.717, 1.165) is 0 Å². The molecule has 0 aromatic heterocycles. The van der Waals surface area contributed by atoms with Crippen LogP contribution in [-0.2, 0) is 9.53 Å². The Hall–Kier alpha value is -1.95. The molecule has 0 fully saturated rings. The Balaban J connectivity index is 2.36. The number of anilines is 1. The summed E-state index contributed by atoms with van der Waals surface area (Å²) in [6, 6.07) is 8.66. The first kappa shape index (κ1) is 15.4. The van der Waals surface area contributed by atoms with Gasteiger partial charge in [-0.2, -0.15) is 0 Å². The summed E-state index contributed by atoms with van der Waals surface area (Å²) in [5.41, 5.74) is 0.617. The lowest BCUT2D eigenvalue weighted by molar-refractivity contribution is -0.141. The second-order valence-corrected chi connectivity index (χ2v) is 5.19. The predicted octanol–water partition coefficient (Wildman–Crippen LogP) is 4.05. The number of carbonyl (C=O) groups excluding carboxylic acids is 1. The number of nitrogens with one attached hydrogen (secondary N) is 1. The molecule has 1 atom stereocenters. The summed E-state index contributed by atoms with van der Waals surface area (Å²) in [6.45, 7) is 0. The number of esters is 1. The molecule has 1 unspecified atom stereocenters. The first-order chi connectivity index (χ1) is 10.0. The highest BCUT2D eigenvalue weighted by molar-refractivity contribution is 9.10. The van der Waals surface area contributed by atoms with Crippen LogP contribution in [-0.4, -0.2) is 13.1 Å². The molecule has 0 radical (unpaired) electrons. The average Bonchev–Trinajstić information content (AvgIpc) is 2.48. The number of methoxy groups -OCH3 is 1. The Bertz CT molecular complexity index is 647. The lowest BCUT2D eigenvalue weighted by Gasteiger charge is -2.19. The van der Waals surface area contributed by atoms with E-state index in [4.69, 9.17) is 4.74 Å². The van der Waals surface area contributed by atoms with Crippen LogP contribution in [0.4, 0.5) is 14.5 Å². The van der Waals surface area contributed by atoms with Crippen LogP contribution >= 0.6 is 15.9 Å². The Labute approximate surface area is 129 Å². The van der Waals surface area contributed by atoms with Gasteiger partial charge in [-0.05, 0) is 42.5 Å². The molecule has 0 heterocycles. The van der Waals surface area contributed by atoms with Crippen molar-refractivity contribution in [2.45, 2.75) is 6.04 Å². The first-order valence-electron chi connectivity index (χ1n) is 6.06. The molecule has 1 N–H and O–H groups in total. The van der Waals surface area contributed by atoms with Gasteiger partial charge >= 0.3 is 5.97 Å². The van der Waals surface area contributed by atoms with Gasteiger partial charge in [0.15, 0.2) is 6.04 Å². The van der Waals surface area contributed by atoms with Gasteiger partial charge in [0.25, 0.3) is 0 Å². The summed E-state index contributed by atoms with van der Waals surface area (Å²) in [4.78, 5) is 11.9. The second-order valence-electron chi connectivity index (χ2n) is 4.27. The number of halogens is 3. The van der Waals surface area contributed by atoms with Crippen LogP contribution in [0.15, 0.2) is 46.9 Å². The van der Waals surface area contributed by atoms with Gasteiger partial charge in [0.2, 0.25) is 0 Å². The molecule has 0 spiro atoms. The molecular formula is C15H12BrF2NO2. The molecule has 0 bridgehead atoms. The van der Waals surface area contributed by atoms with E-state index in [2.05, 4.69) is 21.2 Å². The maximum absolute atomic E-state index is 14.0.